The molecular weight excluding hydrogens is 308 g/mol. The van der Waals surface area contributed by atoms with Crippen LogP contribution >= 0.6 is 0 Å². The van der Waals surface area contributed by atoms with Crippen LogP contribution < -0.4 is 5.32 Å². The summed E-state index contributed by atoms with van der Waals surface area (Å²) in [6.07, 6.45) is 2.06. The molecule has 1 spiro atoms. The quantitative estimate of drug-likeness (QED) is 0.903. The fraction of sp³-hybridized carbons (Fsp3) is 0.667. The Balaban J connectivity index is 2.05. The van der Waals surface area contributed by atoms with Crippen molar-refractivity contribution in [1.29, 1.82) is 0 Å². The Bertz CT molecular complexity index is 718. The highest BCUT2D eigenvalue weighted by molar-refractivity contribution is 7.89. The molecule has 2 aliphatic heterocycles. The first-order chi connectivity index (χ1) is 10.7. The van der Waals surface area contributed by atoms with Gasteiger partial charge in [0.15, 0.2) is 0 Å². The number of sulfonamides is 1. The second kappa shape index (κ2) is 5.57. The zero-order valence-electron chi connectivity index (χ0n) is 14.9. The molecular formula is C18H28N2O2S. The Hall–Kier alpha value is -0.910. The van der Waals surface area contributed by atoms with Crippen LogP contribution in [0.15, 0.2) is 4.90 Å². The Labute approximate surface area is 140 Å². The monoisotopic (exact) mass is 336 g/mol. The van der Waals surface area contributed by atoms with E-state index in [1.165, 1.54) is 5.56 Å². The van der Waals surface area contributed by atoms with Crippen LogP contribution in [-0.4, -0.2) is 38.9 Å². The largest absolute Gasteiger partial charge is 0.316 e. The molecule has 1 aromatic rings. The van der Waals surface area contributed by atoms with Gasteiger partial charge in [-0.15, -0.1) is 0 Å². The van der Waals surface area contributed by atoms with Crippen LogP contribution in [0.25, 0.3) is 0 Å². The lowest BCUT2D eigenvalue weighted by Gasteiger charge is -2.25. The maximum absolute atomic E-state index is 13.3. The predicted molar refractivity (Wildman–Crippen MR) is 93.4 cm³/mol. The molecule has 0 aliphatic carbocycles. The van der Waals surface area contributed by atoms with Gasteiger partial charge in [0.05, 0.1) is 4.90 Å². The Kier molecular flexibility index (Phi) is 4.10. The first-order valence-electron chi connectivity index (χ1n) is 8.47. The first-order valence-corrected chi connectivity index (χ1v) is 9.91. The lowest BCUT2D eigenvalue weighted by atomic mass is 9.87. The molecule has 1 aromatic carbocycles. The molecule has 4 nitrogen and oxygen atoms in total. The molecule has 2 aliphatic rings. The van der Waals surface area contributed by atoms with E-state index in [1.54, 1.807) is 4.31 Å². The van der Waals surface area contributed by atoms with E-state index in [4.69, 9.17) is 0 Å². The molecule has 0 amide bonds. The van der Waals surface area contributed by atoms with Crippen molar-refractivity contribution in [2.75, 3.05) is 26.2 Å². The van der Waals surface area contributed by atoms with E-state index in [-0.39, 0.29) is 5.41 Å². The lowest BCUT2D eigenvalue weighted by Crippen LogP contribution is -2.34. The molecule has 1 atom stereocenters. The molecule has 0 bridgehead atoms. The molecule has 0 radical (unpaired) electrons. The molecule has 2 saturated heterocycles. The zero-order chi connectivity index (χ0) is 17.0. The van der Waals surface area contributed by atoms with Crippen LogP contribution in [0.3, 0.4) is 0 Å². The van der Waals surface area contributed by atoms with Gasteiger partial charge in [0, 0.05) is 19.6 Å². The predicted octanol–water partition coefficient (Wildman–Crippen LogP) is 2.60. The van der Waals surface area contributed by atoms with Gasteiger partial charge < -0.3 is 5.32 Å². The van der Waals surface area contributed by atoms with E-state index in [0.717, 1.165) is 48.2 Å². The number of nitrogens with one attached hydrogen (secondary N) is 1. The van der Waals surface area contributed by atoms with Crippen LogP contribution in [0, 0.1) is 40.0 Å². The van der Waals surface area contributed by atoms with Crippen molar-refractivity contribution in [2.24, 2.45) is 5.41 Å². The molecule has 128 valence electrons. The van der Waals surface area contributed by atoms with Gasteiger partial charge >= 0.3 is 0 Å². The Morgan fingerprint density at radius 2 is 1.48 bits per heavy atom. The minimum atomic E-state index is -3.42. The minimum absolute atomic E-state index is 0.156. The summed E-state index contributed by atoms with van der Waals surface area (Å²) in [5.74, 6) is 0. The van der Waals surface area contributed by atoms with Crippen molar-refractivity contribution in [3.05, 3.63) is 27.8 Å². The molecule has 2 heterocycles. The maximum Gasteiger partial charge on any atom is 0.243 e. The number of rotatable bonds is 2. The number of hydrogen-bond acceptors (Lipinski definition) is 3. The average molecular weight is 337 g/mol. The van der Waals surface area contributed by atoms with E-state index in [2.05, 4.69) is 12.2 Å². The summed E-state index contributed by atoms with van der Waals surface area (Å²) in [6.45, 7) is 13.3. The van der Waals surface area contributed by atoms with Crippen LogP contribution in [-0.2, 0) is 10.0 Å². The highest BCUT2D eigenvalue weighted by Crippen LogP contribution is 2.40. The third-order valence-corrected chi connectivity index (χ3v) is 8.38. The van der Waals surface area contributed by atoms with Gasteiger partial charge in [-0.25, -0.2) is 8.42 Å². The summed E-state index contributed by atoms with van der Waals surface area (Å²) >= 11 is 0. The number of benzene rings is 1. The van der Waals surface area contributed by atoms with Crippen molar-refractivity contribution >= 4 is 10.0 Å². The number of hydrogen-bond donors (Lipinski definition) is 1. The van der Waals surface area contributed by atoms with Gasteiger partial charge in [-0.1, -0.05) is 0 Å². The van der Waals surface area contributed by atoms with Gasteiger partial charge in [-0.3, -0.25) is 0 Å². The normalized spacial score (nSPS) is 25.6. The minimum Gasteiger partial charge on any atom is -0.316 e. The Morgan fingerprint density at radius 1 is 0.913 bits per heavy atom. The molecule has 23 heavy (non-hydrogen) atoms. The summed E-state index contributed by atoms with van der Waals surface area (Å²) in [6, 6.07) is 0. The smallest absolute Gasteiger partial charge is 0.243 e. The first kappa shape index (κ1) is 16.9. The fourth-order valence-corrected chi connectivity index (χ4v) is 6.34. The fourth-order valence-electron chi connectivity index (χ4n) is 4.22. The van der Waals surface area contributed by atoms with E-state index in [0.29, 0.717) is 18.0 Å². The van der Waals surface area contributed by atoms with Gasteiger partial charge in [0.25, 0.3) is 0 Å². The van der Waals surface area contributed by atoms with Crippen molar-refractivity contribution in [3.8, 4) is 0 Å². The molecule has 5 heteroatoms. The topological polar surface area (TPSA) is 49.4 Å². The van der Waals surface area contributed by atoms with Crippen LogP contribution in [0.5, 0.6) is 0 Å². The molecule has 2 fully saturated rings. The molecule has 1 N–H and O–H groups in total. The lowest BCUT2D eigenvalue weighted by molar-refractivity contribution is 0.338. The second-order valence-electron chi connectivity index (χ2n) is 7.47. The second-order valence-corrected chi connectivity index (χ2v) is 9.34. The zero-order valence-corrected chi connectivity index (χ0v) is 15.7. The van der Waals surface area contributed by atoms with Gasteiger partial charge in [-0.2, -0.15) is 4.31 Å². The molecule has 1 unspecified atom stereocenters. The summed E-state index contributed by atoms with van der Waals surface area (Å²) in [5.41, 5.74) is 5.39. The van der Waals surface area contributed by atoms with E-state index >= 15 is 0 Å². The maximum atomic E-state index is 13.3. The van der Waals surface area contributed by atoms with Crippen LogP contribution in [0.2, 0.25) is 0 Å². The third kappa shape index (κ3) is 2.53. The Morgan fingerprint density at radius 3 is 2.00 bits per heavy atom. The SMILES string of the molecule is Cc1c(C)c(C)c(S(=O)(=O)N2CCC3(CCNC3)C2)c(C)c1C. The van der Waals surface area contributed by atoms with Crippen LogP contribution in [0.4, 0.5) is 0 Å². The van der Waals surface area contributed by atoms with E-state index in [9.17, 15) is 8.42 Å². The highest BCUT2D eigenvalue weighted by atomic mass is 32.2. The summed E-state index contributed by atoms with van der Waals surface area (Å²) in [4.78, 5) is 0.543. The van der Waals surface area contributed by atoms with E-state index in [1.807, 2.05) is 27.7 Å². The van der Waals surface area contributed by atoms with Crippen molar-refractivity contribution in [3.63, 3.8) is 0 Å². The summed E-state index contributed by atoms with van der Waals surface area (Å²) in [5, 5.41) is 3.39. The van der Waals surface area contributed by atoms with Crippen LogP contribution in [0.1, 0.15) is 40.7 Å². The summed E-state index contributed by atoms with van der Waals surface area (Å²) < 4.78 is 28.4. The average Bonchev–Trinajstić information content (AvgIpc) is 3.14. The summed E-state index contributed by atoms with van der Waals surface area (Å²) in [7, 11) is -3.42. The van der Waals surface area contributed by atoms with Crippen molar-refractivity contribution in [1.82, 2.24) is 9.62 Å². The molecule has 3 rings (SSSR count). The van der Waals surface area contributed by atoms with Gasteiger partial charge in [-0.05, 0) is 87.2 Å². The van der Waals surface area contributed by atoms with E-state index < -0.39 is 10.0 Å². The molecule has 0 saturated carbocycles. The third-order valence-electron chi connectivity index (χ3n) is 6.26. The van der Waals surface area contributed by atoms with Gasteiger partial charge in [0.1, 0.15) is 0 Å². The van der Waals surface area contributed by atoms with Crippen molar-refractivity contribution in [2.45, 2.75) is 52.4 Å². The van der Waals surface area contributed by atoms with Gasteiger partial charge in [0.2, 0.25) is 10.0 Å². The van der Waals surface area contributed by atoms with Crippen molar-refractivity contribution < 1.29 is 8.42 Å². The molecule has 0 aromatic heterocycles. The standard InChI is InChI=1S/C18H28N2O2S/c1-12-13(2)15(4)17(16(5)14(12)3)23(21,22)20-9-7-18(11-20)6-8-19-10-18/h19H,6-11H2,1-5H3. The highest BCUT2D eigenvalue weighted by Gasteiger charge is 2.45. The number of nitrogens with zero attached hydrogens (tertiary/aromatic N) is 1.